The van der Waals surface area contributed by atoms with Crippen molar-refractivity contribution in [3.8, 4) is 0 Å². The molecule has 0 unspecified atom stereocenters. The van der Waals surface area contributed by atoms with Gasteiger partial charge in [0.2, 0.25) is 11.8 Å². The minimum Gasteiger partial charge on any atom is -0.462 e. The van der Waals surface area contributed by atoms with E-state index in [9.17, 15) is 14.4 Å². The lowest BCUT2D eigenvalue weighted by Crippen LogP contribution is -2.21. The van der Waals surface area contributed by atoms with Crippen molar-refractivity contribution in [3.05, 3.63) is 59.2 Å². The highest BCUT2D eigenvalue weighted by molar-refractivity contribution is 6.08. The minimum absolute atomic E-state index is 0.299. The average Bonchev–Trinajstić information content (AvgIpc) is 2.59. The van der Waals surface area contributed by atoms with Crippen molar-refractivity contribution in [1.29, 1.82) is 0 Å². The predicted molar refractivity (Wildman–Crippen MR) is 100 cm³/mol. The summed E-state index contributed by atoms with van der Waals surface area (Å²) in [7, 11) is 0. The minimum atomic E-state index is -0.435. The van der Waals surface area contributed by atoms with Crippen LogP contribution in [-0.4, -0.2) is 24.4 Å². The molecule has 6 heteroatoms. The summed E-state index contributed by atoms with van der Waals surface area (Å²) >= 11 is 0. The number of aryl methyl sites for hydroxylation is 2. The second-order valence-electron chi connectivity index (χ2n) is 5.87. The number of carbonyl (C=O) groups excluding carboxylic acids is 3. The van der Waals surface area contributed by atoms with E-state index in [1.54, 1.807) is 37.3 Å². The summed E-state index contributed by atoms with van der Waals surface area (Å²) in [6, 6.07) is 11.9. The lowest BCUT2D eigenvalue weighted by Gasteiger charge is -2.09. The van der Waals surface area contributed by atoms with Crippen LogP contribution in [0.15, 0.2) is 42.5 Å². The van der Waals surface area contributed by atoms with Crippen LogP contribution >= 0.6 is 0 Å². The zero-order valence-electron chi connectivity index (χ0n) is 15.1. The Bertz CT molecular complexity index is 813. The van der Waals surface area contributed by atoms with Crippen LogP contribution in [0.25, 0.3) is 0 Å². The maximum atomic E-state index is 12.0. The summed E-state index contributed by atoms with van der Waals surface area (Å²) in [5.41, 5.74) is 3.75. The standard InChI is InChI=1S/C20H22N2O4/c1-4-26-20(25)15-6-9-16(10-7-15)21-18(23)12-19(24)22-17-8-5-13(2)14(3)11-17/h5-11H,4,12H2,1-3H3,(H,21,23)(H,22,24). The average molecular weight is 354 g/mol. The number of ether oxygens (including phenoxy) is 1. The molecule has 0 bridgehead atoms. The number of amides is 2. The van der Waals surface area contributed by atoms with Gasteiger partial charge in [0.1, 0.15) is 6.42 Å². The largest absolute Gasteiger partial charge is 0.462 e. The van der Waals surface area contributed by atoms with Gasteiger partial charge in [0.25, 0.3) is 0 Å². The maximum absolute atomic E-state index is 12.0. The molecule has 2 N–H and O–H groups in total. The highest BCUT2D eigenvalue weighted by Crippen LogP contribution is 2.15. The normalized spacial score (nSPS) is 10.1. The Morgan fingerprint density at radius 3 is 2.00 bits per heavy atom. The van der Waals surface area contributed by atoms with Crippen LogP contribution in [0.3, 0.4) is 0 Å². The molecular weight excluding hydrogens is 332 g/mol. The lowest BCUT2D eigenvalue weighted by molar-refractivity contribution is -0.123. The van der Waals surface area contributed by atoms with Crippen LogP contribution in [0, 0.1) is 13.8 Å². The van der Waals surface area contributed by atoms with Gasteiger partial charge in [-0.2, -0.15) is 0 Å². The van der Waals surface area contributed by atoms with E-state index in [-0.39, 0.29) is 6.42 Å². The van der Waals surface area contributed by atoms with Crippen molar-refractivity contribution in [2.24, 2.45) is 0 Å². The molecule has 6 nitrogen and oxygen atoms in total. The molecule has 0 aliphatic carbocycles. The van der Waals surface area contributed by atoms with Gasteiger partial charge in [-0.25, -0.2) is 4.79 Å². The molecule has 2 aromatic carbocycles. The molecule has 0 radical (unpaired) electrons. The van der Waals surface area contributed by atoms with Crippen molar-refractivity contribution in [1.82, 2.24) is 0 Å². The molecule has 0 saturated carbocycles. The van der Waals surface area contributed by atoms with Crippen molar-refractivity contribution in [3.63, 3.8) is 0 Å². The molecule has 0 atom stereocenters. The van der Waals surface area contributed by atoms with E-state index >= 15 is 0 Å². The topological polar surface area (TPSA) is 84.5 Å². The first-order valence-electron chi connectivity index (χ1n) is 8.33. The van der Waals surface area contributed by atoms with Gasteiger partial charge in [0.15, 0.2) is 0 Å². The smallest absolute Gasteiger partial charge is 0.338 e. The Morgan fingerprint density at radius 2 is 1.42 bits per heavy atom. The molecule has 2 rings (SSSR count). The van der Waals surface area contributed by atoms with E-state index in [4.69, 9.17) is 4.74 Å². The molecule has 26 heavy (non-hydrogen) atoms. The fourth-order valence-corrected chi connectivity index (χ4v) is 2.28. The van der Waals surface area contributed by atoms with E-state index in [2.05, 4.69) is 10.6 Å². The predicted octanol–water partition coefficient (Wildman–Crippen LogP) is 3.45. The van der Waals surface area contributed by atoms with Crippen LogP contribution in [0.2, 0.25) is 0 Å². The second kappa shape index (κ2) is 8.80. The Balaban J connectivity index is 1.88. The van der Waals surface area contributed by atoms with Crippen molar-refractivity contribution in [2.45, 2.75) is 27.2 Å². The first-order valence-corrected chi connectivity index (χ1v) is 8.33. The van der Waals surface area contributed by atoms with Crippen molar-refractivity contribution < 1.29 is 19.1 Å². The number of anilines is 2. The highest BCUT2D eigenvalue weighted by atomic mass is 16.5. The molecule has 2 aromatic rings. The SMILES string of the molecule is CCOC(=O)c1ccc(NC(=O)CC(=O)Nc2ccc(C)c(C)c2)cc1. The molecule has 0 saturated heterocycles. The summed E-state index contributed by atoms with van der Waals surface area (Å²) in [6.07, 6.45) is -0.299. The van der Waals surface area contributed by atoms with Gasteiger partial charge in [-0.3, -0.25) is 9.59 Å². The molecule has 2 amide bonds. The zero-order valence-corrected chi connectivity index (χ0v) is 15.1. The molecule has 0 heterocycles. The van der Waals surface area contributed by atoms with Crippen LogP contribution < -0.4 is 10.6 Å². The van der Waals surface area contributed by atoms with Crippen LogP contribution in [-0.2, 0) is 14.3 Å². The monoisotopic (exact) mass is 354 g/mol. The second-order valence-corrected chi connectivity index (χ2v) is 5.87. The molecule has 136 valence electrons. The fourth-order valence-electron chi connectivity index (χ4n) is 2.28. The number of hydrogen-bond donors (Lipinski definition) is 2. The van der Waals surface area contributed by atoms with Gasteiger partial charge in [-0.05, 0) is 68.3 Å². The summed E-state index contributed by atoms with van der Waals surface area (Å²) in [6.45, 7) is 5.97. The van der Waals surface area contributed by atoms with E-state index in [0.717, 1.165) is 11.1 Å². The Labute approximate surface area is 152 Å². The summed E-state index contributed by atoms with van der Waals surface area (Å²) < 4.78 is 4.89. The Morgan fingerprint density at radius 1 is 0.846 bits per heavy atom. The number of hydrogen-bond acceptors (Lipinski definition) is 4. The molecular formula is C20H22N2O4. The summed E-state index contributed by atoms with van der Waals surface area (Å²) in [5.74, 6) is -1.25. The van der Waals surface area contributed by atoms with Gasteiger partial charge in [0, 0.05) is 11.4 Å². The van der Waals surface area contributed by atoms with Crippen LogP contribution in [0.4, 0.5) is 11.4 Å². The third-order valence-electron chi connectivity index (χ3n) is 3.79. The van der Waals surface area contributed by atoms with Crippen LogP contribution in [0.1, 0.15) is 34.8 Å². The Kier molecular flexibility index (Phi) is 6.49. The van der Waals surface area contributed by atoms with Gasteiger partial charge in [0.05, 0.1) is 12.2 Å². The molecule has 0 spiro atoms. The van der Waals surface area contributed by atoms with E-state index in [1.807, 2.05) is 26.0 Å². The van der Waals surface area contributed by atoms with Crippen molar-refractivity contribution >= 4 is 29.2 Å². The summed E-state index contributed by atoms with van der Waals surface area (Å²) in [5, 5.41) is 5.33. The highest BCUT2D eigenvalue weighted by Gasteiger charge is 2.11. The molecule has 0 fully saturated rings. The quantitative estimate of drug-likeness (QED) is 0.615. The van der Waals surface area contributed by atoms with E-state index < -0.39 is 17.8 Å². The third-order valence-corrected chi connectivity index (χ3v) is 3.79. The maximum Gasteiger partial charge on any atom is 0.338 e. The first kappa shape index (κ1) is 19.2. The third kappa shape index (κ3) is 5.44. The first-order chi connectivity index (χ1) is 12.4. The fraction of sp³-hybridized carbons (Fsp3) is 0.250. The lowest BCUT2D eigenvalue weighted by atomic mass is 10.1. The zero-order chi connectivity index (χ0) is 19.1. The van der Waals surface area contributed by atoms with Crippen molar-refractivity contribution in [2.75, 3.05) is 17.2 Å². The Hall–Kier alpha value is -3.15. The molecule has 0 aliphatic heterocycles. The number of nitrogens with one attached hydrogen (secondary N) is 2. The molecule has 0 aliphatic rings. The van der Waals surface area contributed by atoms with Gasteiger partial charge in [-0.15, -0.1) is 0 Å². The van der Waals surface area contributed by atoms with Crippen LogP contribution in [0.5, 0.6) is 0 Å². The van der Waals surface area contributed by atoms with E-state index in [1.165, 1.54) is 0 Å². The van der Waals surface area contributed by atoms with E-state index in [0.29, 0.717) is 23.5 Å². The number of esters is 1. The van der Waals surface area contributed by atoms with Gasteiger partial charge < -0.3 is 15.4 Å². The number of rotatable bonds is 6. The number of carbonyl (C=O) groups is 3. The van der Waals surface area contributed by atoms with Gasteiger partial charge in [-0.1, -0.05) is 6.07 Å². The number of benzene rings is 2. The summed E-state index contributed by atoms with van der Waals surface area (Å²) in [4.78, 5) is 35.6. The molecule has 0 aromatic heterocycles. The van der Waals surface area contributed by atoms with Gasteiger partial charge >= 0.3 is 5.97 Å².